The van der Waals surface area contributed by atoms with Gasteiger partial charge in [-0.15, -0.1) is 0 Å². The van der Waals surface area contributed by atoms with E-state index in [2.05, 4.69) is 15.3 Å². The summed E-state index contributed by atoms with van der Waals surface area (Å²) in [6.45, 7) is 4.54. The number of rotatable bonds is 3. The molecule has 3 N–H and O–H groups in total. The van der Waals surface area contributed by atoms with Crippen LogP contribution in [0.25, 0.3) is 0 Å². The van der Waals surface area contributed by atoms with Gasteiger partial charge in [-0.25, -0.2) is 5.84 Å². The molecule has 5 heteroatoms. The van der Waals surface area contributed by atoms with Gasteiger partial charge in [0.25, 0.3) is 0 Å². The first-order chi connectivity index (χ1) is 6.77. The molecule has 1 rings (SSSR count). The van der Waals surface area contributed by atoms with Crippen LogP contribution in [0.4, 0.5) is 0 Å². The number of nitrogens with two attached hydrogens (primary N) is 1. The minimum atomic E-state index is 0.740. The number of aliphatic imine (C=N–C) groups is 1. The maximum atomic E-state index is 5.33. The molecule has 0 amide bonds. The van der Waals surface area contributed by atoms with Crippen LogP contribution in [0.15, 0.2) is 4.99 Å². The zero-order chi connectivity index (χ0) is 10.4. The van der Waals surface area contributed by atoms with Crippen molar-refractivity contribution in [2.75, 3.05) is 40.3 Å². The molecule has 1 heterocycles. The lowest BCUT2D eigenvalue weighted by Crippen LogP contribution is -2.45. The third-order valence-electron chi connectivity index (χ3n) is 2.65. The standard InChI is InChI=1S/C9H21N5/c1-11-9(12-10)13(2)7-8-14-5-3-4-6-14/h3-8,10H2,1-2H3,(H,11,12). The lowest BCUT2D eigenvalue weighted by atomic mass is 10.4. The summed E-state index contributed by atoms with van der Waals surface area (Å²) < 4.78 is 0. The van der Waals surface area contributed by atoms with Gasteiger partial charge in [0.15, 0.2) is 0 Å². The fourth-order valence-corrected chi connectivity index (χ4v) is 1.75. The summed E-state index contributed by atoms with van der Waals surface area (Å²) in [6, 6.07) is 0. The zero-order valence-corrected chi connectivity index (χ0v) is 9.16. The highest BCUT2D eigenvalue weighted by Crippen LogP contribution is 2.06. The van der Waals surface area contributed by atoms with Crippen molar-refractivity contribution in [1.82, 2.24) is 15.2 Å². The molecule has 0 saturated carbocycles. The highest BCUT2D eigenvalue weighted by molar-refractivity contribution is 5.78. The predicted octanol–water partition coefficient (Wildman–Crippen LogP) is -0.537. The number of hydrogen-bond donors (Lipinski definition) is 2. The van der Waals surface area contributed by atoms with Gasteiger partial charge < -0.3 is 9.80 Å². The van der Waals surface area contributed by atoms with Gasteiger partial charge in [-0.3, -0.25) is 10.4 Å². The van der Waals surface area contributed by atoms with E-state index < -0.39 is 0 Å². The second-order valence-electron chi connectivity index (χ2n) is 3.66. The molecule has 0 atom stereocenters. The van der Waals surface area contributed by atoms with Gasteiger partial charge in [0, 0.05) is 27.2 Å². The Morgan fingerprint density at radius 1 is 1.50 bits per heavy atom. The third-order valence-corrected chi connectivity index (χ3v) is 2.65. The molecule has 0 aromatic rings. The minimum absolute atomic E-state index is 0.740. The molecule has 82 valence electrons. The fraction of sp³-hybridized carbons (Fsp3) is 0.889. The van der Waals surface area contributed by atoms with Crippen LogP contribution >= 0.6 is 0 Å². The Morgan fingerprint density at radius 2 is 2.14 bits per heavy atom. The van der Waals surface area contributed by atoms with Crippen molar-refractivity contribution in [2.24, 2.45) is 10.8 Å². The number of nitrogens with zero attached hydrogens (tertiary/aromatic N) is 3. The van der Waals surface area contributed by atoms with Gasteiger partial charge in [-0.2, -0.15) is 0 Å². The smallest absolute Gasteiger partial charge is 0.207 e. The van der Waals surface area contributed by atoms with Crippen molar-refractivity contribution < 1.29 is 0 Å². The van der Waals surface area contributed by atoms with Crippen molar-refractivity contribution >= 4 is 5.96 Å². The highest BCUT2D eigenvalue weighted by Gasteiger charge is 2.12. The zero-order valence-electron chi connectivity index (χ0n) is 9.16. The Balaban J connectivity index is 2.22. The average molecular weight is 199 g/mol. The minimum Gasteiger partial charge on any atom is -0.344 e. The van der Waals surface area contributed by atoms with Crippen LogP contribution in [0.5, 0.6) is 0 Å². The van der Waals surface area contributed by atoms with Gasteiger partial charge in [0.05, 0.1) is 0 Å². The maximum absolute atomic E-state index is 5.33. The second-order valence-corrected chi connectivity index (χ2v) is 3.66. The summed E-state index contributed by atoms with van der Waals surface area (Å²) in [6.07, 6.45) is 2.68. The third kappa shape index (κ3) is 3.16. The molecule has 1 fully saturated rings. The monoisotopic (exact) mass is 199 g/mol. The molecule has 1 aliphatic rings. The van der Waals surface area contributed by atoms with E-state index in [0.29, 0.717) is 0 Å². The molecule has 0 bridgehead atoms. The molecule has 0 radical (unpaired) electrons. The summed E-state index contributed by atoms with van der Waals surface area (Å²) in [4.78, 5) is 8.55. The van der Waals surface area contributed by atoms with Crippen LogP contribution in [-0.4, -0.2) is 56.0 Å². The van der Waals surface area contributed by atoms with Crippen LogP contribution in [-0.2, 0) is 0 Å². The van der Waals surface area contributed by atoms with E-state index in [0.717, 1.165) is 19.0 Å². The first-order valence-electron chi connectivity index (χ1n) is 5.15. The average Bonchev–Trinajstić information content (AvgIpc) is 2.69. The van der Waals surface area contributed by atoms with E-state index in [1.165, 1.54) is 25.9 Å². The molecule has 0 aromatic heterocycles. The molecule has 1 aliphatic heterocycles. The predicted molar refractivity (Wildman–Crippen MR) is 59.0 cm³/mol. The molecule has 14 heavy (non-hydrogen) atoms. The summed E-state index contributed by atoms with van der Waals surface area (Å²) >= 11 is 0. The molecular formula is C9H21N5. The number of guanidine groups is 1. The molecule has 0 spiro atoms. The highest BCUT2D eigenvalue weighted by atomic mass is 15.4. The Bertz CT molecular complexity index is 186. The lowest BCUT2D eigenvalue weighted by Gasteiger charge is -2.23. The van der Waals surface area contributed by atoms with Crippen LogP contribution in [0.2, 0.25) is 0 Å². The van der Waals surface area contributed by atoms with Gasteiger partial charge in [-0.1, -0.05) is 0 Å². The Kier molecular flexibility index (Phi) is 4.69. The Hall–Kier alpha value is -0.810. The van der Waals surface area contributed by atoms with Crippen molar-refractivity contribution in [3.05, 3.63) is 0 Å². The maximum Gasteiger partial charge on any atom is 0.207 e. The topological polar surface area (TPSA) is 56.9 Å². The Labute approximate surface area is 85.9 Å². The molecule has 1 saturated heterocycles. The van der Waals surface area contributed by atoms with Crippen molar-refractivity contribution in [3.63, 3.8) is 0 Å². The fourth-order valence-electron chi connectivity index (χ4n) is 1.75. The van der Waals surface area contributed by atoms with Crippen LogP contribution < -0.4 is 11.3 Å². The molecule has 0 aliphatic carbocycles. The van der Waals surface area contributed by atoms with E-state index in [-0.39, 0.29) is 0 Å². The summed E-state index contributed by atoms with van der Waals surface area (Å²) in [5.74, 6) is 6.07. The number of nitrogens with one attached hydrogen (secondary N) is 1. The summed E-state index contributed by atoms with van der Waals surface area (Å²) in [5.41, 5.74) is 2.58. The van der Waals surface area contributed by atoms with Gasteiger partial charge >= 0.3 is 0 Å². The molecule has 0 unspecified atom stereocenters. The van der Waals surface area contributed by atoms with Crippen LogP contribution in [0, 0.1) is 0 Å². The van der Waals surface area contributed by atoms with Crippen LogP contribution in [0.3, 0.4) is 0 Å². The first kappa shape index (κ1) is 11.3. The van der Waals surface area contributed by atoms with Crippen molar-refractivity contribution in [1.29, 1.82) is 0 Å². The van der Waals surface area contributed by atoms with Crippen molar-refractivity contribution in [2.45, 2.75) is 12.8 Å². The number of hydrazine groups is 1. The first-order valence-corrected chi connectivity index (χ1v) is 5.15. The van der Waals surface area contributed by atoms with E-state index in [1.54, 1.807) is 7.05 Å². The largest absolute Gasteiger partial charge is 0.344 e. The van der Waals surface area contributed by atoms with Crippen LogP contribution in [0.1, 0.15) is 12.8 Å². The number of likely N-dealkylation sites (N-methyl/N-ethyl adjacent to an activating group) is 1. The van der Waals surface area contributed by atoms with Gasteiger partial charge in [0.2, 0.25) is 5.96 Å². The van der Waals surface area contributed by atoms with Crippen molar-refractivity contribution in [3.8, 4) is 0 Å². The molecule has 0 aromatic carbocycles. The second kappa shape index (κ2) is 5.82. The van der Waals surface area contributed by atoms with Gasteiger partial charge in [-0.05, 0) is 25.9 Å². The summed E-state index contributed by atoms with van der Waals surface area (Å²) in [7, 11) is 3.74. The van der Waals surface area contributed by atoms with E-state index >= 15 is 0 Å². The van der Waals surface area contributed by atoms with E-state index in [1.807, 2.05) is 11.9 Å². The van der Waals surface area contributed by atoms with Gasteiger partial charge in [0.1, 0.15) is 0 Å². The quantitative estimate of drug-likeness (QED) is 0.277. The SMILES string of the molecule is CN=C(NN)N(C)CCN1CCCC1. The normalized spacial score (nSPS) is 18.6. The number of hydrogen-bond acceptors (Lipinski definition) is 3. The van der Waals surface area contributed by atoms with E-state index in [9.17, 15) is 0 Å². The lowest BCUT2D eigenvalue weighted by molar-refractivity contribution is 0.305. The summed E-state index contributed by atoms with van der Waals surface area (Å²) in [5, 5.41) is 0. The molecular weight excluding hydrogens is 178 g/mol. The Morgan fingerprint density at radius 3 is 2.64 bits per heavy atom. The van der Waals surface area contributed by atoms with E-state index in [4.69, 9.17) is 5.84 Å². The number of likely N-dealkylation sites (tertiary alicyclic amines) is 1. The molecule has 5 nitrogen and oxygen atoms in total.